The Balaban J connectivity index is 1.68. The van der Waals surface area contributed by atoms with E-state index in [1.165, 1.54) is 36.1 Å². The summed E-state index contributed by atoms with van der Waals surface area (Å²) in [5.41, 5.74) is 10.5. The maximum Gasteiger partial charge on any atom is 0.0398 e. The van der Waals surface area contributed by atoms with Gasteiger partial charge in [-0.2, -0.15) is 0 Å². The molecule has 0 spiro atoms. The minimum atomic E-state index is 0.126. The van der Waals surface area contributed by atoms with E-state index in [1.54, 1.807) is 0 Å². The average Bonchev–Trinajstić information content (AvgIpc) is 2.76. The molecule has 1 aliphatic rings. The molecule has 0 saturated carbocycles. The van der Waals surface area contributed by atoms with Gasteiger partial charge in [-0.25, -0.2) is 0 Å². The Morgan fingerprint density at radius 1 is 0.952 bits per heavy atom. The molecule has 2 nitrogen and oxygen atoms in total. The highest BCUT2D eigenvalue weighted by Crippen LogP contribution is 2.27. The third-order valence-electron chi connectivity index (χ3n) is 4.39. The normalized spacial score (nSPS) is 16.1. The zero-order valence-electron chi connectivity index (χ0n) is 12.5. The smallest absolute Gasteiger partial charge is 0.0398 e. The van der Waals surface area contributed by atoms with Crippen molar-refractivity contribution in [1.29, 1.82) is 0 Å². The standard InChI is InChI=1S/C19H24N2/c20-18(16-8-2-1-3-9-16)13-15-21-14-7-6-11-17-10-4-5-12-19(17)21/h1-5,8-10,12,18H,6-7,11,13-15,20H2. The monoisotopic (exact) mass is 280 g/mol. The minimum absolute atomic E-state index is 0.126. The highest BCUT2D eigenvalue weighted by Gasteiger charge is 2.15. The van der Waals surface area contributed by atoms with Gasteiger partial charge in [-0.3, -0.25) is 0 Å². The maximum atomic E-state index is 6.34. The fourth-order valence-corrected chi connectivity index (χ4v) is 3.16. The molecular formula is C19H24N2. The quantitative estimate of drug-likeness (QED) is 0.919. The second kappa shape index (κ2) is 6.77. The third-order valence-corrected chi connectivity index (χ3v) is 4.39. The van der Waals surface area contributed by atoms with E-state index in [2.05, 4.69) is 53.4 Å². The first-order chi connectivity index (χ1) is 10.3. The number of nitrogens with zero attached hydrogens (tertiary/aromatic N) is 1. The molecule has 1 heterocycles. The second-order valence-corrected chi connectivity index (χ2v) is 5.88. The summed E-state index contributed by atoms with van der Waals surface area (Å²) in [4.78, 5) is 2.52. The first-order valence-corrected chi connectivity index (χ1v) is 7.98. The lowest BCUT2D eigenvalue weighted by atomic mass is 10.0. The SMILES string of the molecule is NC(CCN1CCCCc2ccccc21)c1ccccc1. The Morgan fingerprint density at radius 3 is 2.57 bits per heavy atom. The second-order valence-electron chi connectivity index (χ2n) is 5.88. The number of rotatable bonds is 4. The summed E-state index contributed by atoms with van der Waals surface area (Å²) < 4.78 is 0. The van der Waals surface area contributed by atoms with Crippen molar-refractivity contribution in [1.82, 2.24) is 0 Å². The van der Waals surface area contributed by atoms with Crippen LogP contribution >= 0.6 is 0 Å². The van der Waals surface area contributed by atoms with Gasteiger partial charge < -0.3 is 10.6 Å². The molecule has 1 aliphatic heterocycles. The number of para-hydroxylation sites is 1. The molecule has 0 aliphatic carbocycles. The summed E-state index contributed by atoms with van der Waals surface area (Å²) in [5.74, 6) is 0. The van der Waals surface area contributed by atoms with E-state index >= 15 is 0 Å². The van der Waals surface area contributed by atoms with Crippen LogP contribution in [0.3, 0.4) is 0 Å². The van der Waals surface area contributed by atoms with Crippen LogP contribution in [0.1, 0.15) is 36.4 Å². The van der Waals surface area contributed by atoms with Gasteiger partial charge in [0.1, 0.15) is 0 Å². The number of benzene rings is 2. The lowest BCUT2D eigenvalue weighted by Gasteiger charge is -2.26. The Labute approximate surface area is 127 Å². The molecule has 1 unspecified atom stereocenters. The highest BCUT2D eigenvalue weighted by atomic mass is 15.1. The minimum Gasteiger partial charge on any atom is -0.371 e. The van der Waals surface area contributed by atoms with Gasteiger partial charge in [-0.1, -0.05) is 48.5 Å². The molecule has 2 aromatic rings. The van der Waals surface area contributed by atoms with Crippen LogP contribution in [-0.4, -0.2) is 13.1 Å². The molecule has 0 amide bonds. The van der Waals surface area contributed by atoms with Crippen LogP contribution in [0.15, 0.2) is 54.6 Å². The van der Waals surface area contributed by atoms with Crippen LogP contribution in [0.2, 0.25) is 0 Å². The lowest BCUT2D eigenvalue weighted by Crippen LogP contribution is -2.28. The summed E-state index contributed by atoms with van der Waals surface area (Å²) in [5, 5.41) is 0. The fraction of sp³-hybridized carbons (Fsp3) is 0.368. The van der Waals surface area contributed by atoms with Crippen LogP contribution in [0, 0.1) is 0 Å². The van der Waals surface area contributed by atoms with Gasteiger partial charge in [0.15, 0.2) is 0 Å². The van der Waals surface area contributed by atoms with E-state index in [9.17, 15) is 0 Å². The first kappa shape index (κ1) is 14.2. The van der Waals surface area contributed by atoms with E-state index in [-0.39, 0.29) is 6.04 Å². The lowest BCUT2D eigenvalue weighted by molar-refractivity contribution is 0.617. The van der Waals surface area contributed by atoms with Crippen molar-refractivity contribution >= 4 is 5.69 Å². The fourth-order valence-electron chi connectivity index (χ4n) is 3.16. The van der Waals surface area contributed by atoms with Crippen LogP contribution in [0.25, 0.3) is 0 Å². The summed E-state index contributed by atoms with van der Waals surface area (Å²) in [6.45, 7) is 2.19. The molecule has 0 aromatic heterocycles. The molecule has 0 fully saturated rings. The number of anilines is 1. The Hall–Kier alpha value is -1.80. The van der Waals surface area contributed by atoms with Crippen molar-refractivity contribution in [2.75, 3.05) is 18.0 Å². The van der Waals surface area contributed by atoms with Crippen molar-refractivity contribution in [2.45, 2.75) is 31.7 Å². The topological polar surface area (TPSA) is 29.3 Å². The average molecular weight is 280 g/mol. The largest absolute Gasteiger partial charge is 0.371 e. The van der Waals surface area contributed by atoms with Gasteiger partial charge in [0.25, 0.3) is 0 Å². The van der Waals surface area contributed by atoms with E-state index in [0.717, 1.165) is 19.5 Å². The van der Waals surface area contributed by atoms with Gasteiger partial charge >= 0.3 is 0 Å². The van der Waals surface area contributed by atoms with Crippen molar-refractivity contribution < 1.29 is 0 Å². The van der Waals surface area contributed by atoms with Gasteiger partial charge in [0.2, 0.25) is 0 Å². The van der Waals surface area contributed by atoms with E-state index in [0.29, 0.717) is 0 Å². The molecule has 2 N–H and O–H groups in total. The van der Waals surface area contributed by atoms with Crippen LogP contribution in [-0.2, 0) is 6.42 Å². The van der Waals surface area contributed by atoms with Gasteiger partial charge in [-0.05, 0) is 42.9 Å². The molecule has 3 rings (SSSR count). The molecule has 21 heavy (non-hydrogen) atoms. The molecule has 0 saturated heterocycles. The summed E-state index contributed by atoms with van der Waals surface area (Å²) >= 11 is 0. The predicted octanol–water partition coefficient (Wildman–Crippen LogP) is 3.92. The van der Waals surface area contributed by atoms with Crippen molar-refractivity contribution in [3.63, 3.8) is 0 Å². The Morgan fingerprint density at radius 2 is 1.71 bits per heavy atom. The molecule has 0 bridgehead atoms. The van der Waals surface area contributed by atoms with E-state index in [1.807, 2.05) is 6.07 Å². The first-order valence-electron chi connectivity index (χ1n) is 7.98. The maximum absolute atomic E-state index is 6.34. The van der Waals surface area contributed by atoms with Gasteiger partial charge in [0.05, 0.1) is 0 Å². The third kappa shape index (κ3) is 3.45. The van der Waals surface area contributed by atoms with Crippen molar-refractivity contribution in [3.8, 4) is 0 Å². The van der Waals surface area contributed by atoms with E-state index < -0.39 is 0 Å². The number of hydrogen-bond donors (Lipinski definition) is 1. The molecule has 2 aromatic carbocycles. The summed E-state index contributed by atoms with van der Waals surface area (Å²) in [6.07, 6.45) is 4.77. The zero-order chi connectivity index (χ0) is 14.5. The number of fused-ring (bicyclic) bond motifs is 1. The van der Waals surface area contributed by atoms with Crippen molar-refractivity contribution in [3.05, 3.63) is 65.7 Å². The van der Waals surface area contributed by atoms with Gasteiger partial charge in [-0.15, -0.1) is 0 Å². The molecule has 2 heteroatoms. The molecule has 0 radical (unpaired) electrons. The molecule has 110 valence electrons. The van der Waals surface area contributed by atoms with Crippen LogP contribution in [0.4, 0.5) is 5.69 Å². The van der Waals surface area contributed by atoms with Gasteiger partial charge in [0, 0.05) is 24.8 Å². The van der Waals surface area contributed by atoms with Crippen LogP contribution < -0.4 is 10.6 Å². The number of aryl methyl sites for hydroxylation is 1. The summed E-state index contributed by atoms with van der Waals surface area (Å²) in [7, 11) is 0. The molecule has 1 atom stereocenters. The van der Waals surface area contributed by atoms with E-state index in [4.69, 9.17) is 5.73 Å². The number of hydrogen-bond acceptors (Lipinski definition) is 2. The summed E-state index contributed by atoms with van der Waals surface area (Å²) in [6, 6.07) is 19.4. The highest BCUT2D eigenvalue weighted by molar-refractivity contribution is 5.54. The number of nitrogens with two attached hydrogens (primary N) is 1. The Bertz CT molecular complexity index is 565. The molecular weight excluding hydrogens is 256 g/mol. The van der Waals surface area contributed by atoms with Crippen molar-refractivity contribution in [2.24, 2.45) is 5.73 Å². The Kier molecular flexibility index (Phi) is 4.56. The van der Waals surface area contributed by atoms with Crippen LogP contribution in [0.5, 0.6) is 0 Å². The predicted molar refractivity (Wildman–Crippen MR) is 89.6 cm³/mol. The zero-order valence-corrected chi connectivity index (χ0v) is 12.5.